The van der Waals surface area contributed by atoms with Crippen LogP contribution in [-0.4, -0.2) is 24.6 Å². The van der Waals surface area contributed by atoms with E-state index in [1.807, 2.05) is 48.5 Å². The first kappa shape index (κ1) is 20.3. The monoisotopic (exact) mass is 436 g/mol. The summed E-state index contributed by atoms with van der Waals surface area (Å²) in [5.41, 5.74) is 2.91. The van der Waals surface area contributed by atoms with Crippen LogP contribution in [0.2, 0.25) is 0 Å². The third kappa shape index (κ3) is 3.99. The predicted molar refractivity (Wildman–Crippen MR) is 122 cm³/mol. The number of hydrogen-bond donors (Lipinski definition) is 1. The molecule has 0 aliphatic heterocycles. The van der Waals surface area contributed by atoms with Crippen LogP contribution in [0, 0.1) is 0 Å². The molecule has 1 aromatic heterocycles. The van der Waals surface area contributed by atoms with Crippen LogP contribution in [0.15, 0.2) is 77.7 Å². The Bertz CT molecular complexity index is 1290. The normalized spacial score (nSPS) is 11.7. The van der Waals surface area contributed by atoms with Crippen molar-refractivity contribution in [2.24, 2.45) is 0 Å². The van der Waals surface area contributed by atoms with E-state index in [-0.39, 0.29) is 10.8 Å². The molecule has 0 bridgehead atoms. The zero-order chi connectivity index (χ0) is 21.3. The second-order valence-corrected chi connectivity index (χ2v) is 10.7. The third-order valence-corrected chi connectivity index (χ3v) is 7.98. The number of rotatable bonds is 5. The molecule has 4 aromatic rings. The molecule has 152 valence electrons. The number of fused-ring (bicyclic) bond motifs is 1. The van der Waals surface area contributed by atoms with Crippen molar-refractivity contribution >= 4 is 43.0 Å². The summed E-state index contributed by atoms with van der Waals surface area (Å²) >= 11 is 1.60. The molecule has 0 saturated carbocycles. The minimum absolute atomic E-state index is 0.215. The van der Waals surface area contributed by atoms with Gasteiger partial charge in [0.25, 0.3) is 5.91 Å². The van der Waals surface area contributed by atoms with E-state index in [1.165, 1.54) is 24.3 Å². The number of carbonyl (C=O) groups is 1. The van der Waals surface area contributed by atoms with Gasteiger partial charge in [-0.05, 0) is 62.4 Å². The molecule has 3 aromatic carbocycles. The number of thiazole rings is 1. The van der Waals surface area contributed by atoms with Crippen molar-refractivity contribution in [1.29, 1.82) is 0 Å². The van der Waals surface area contributed by atoms with E-state index >= 15 is 0 Å². The zero-order valence-electron chi connectivity index (χ0n) is 16.5. The molecule has 0 fully saturated rings. The largest absolute Gasteiger partial charge is 0.322 e. The summed E-state index contributed by atoms with van der Waals surface area (Å²) in [5, 5.41) is 3.24. The van der Waals surface area contributed by atoms with Crippen LogP contribution in [0.4, 0.5) is 5.69 Å². The van der Waals surface area contributed by atoms with Crippen LogP contribution < -0.4 is 5.32 Å². The Morgan fingerprint density at radius 3 is 2.40 bits per heavy atom. The van der Waals surface area contributed by atoms with E-state index in [0.29, 0.717) is 11.3 Å². The van der Waals surface area contributed by atoms with Gasteiger partial charge in [-0.15, -0.1) is 11.3 Å². The van der Waals surface area contributed by atoms with Gasteiger partial charge in [-0.25, -0.2) is 13.4 Å². The Morgan fingerprint density at radius 1 is 0.967 bits per heavy atom. The number of amides is 1. The molecule has 1 N–H and O–H groups in total. The number of para-hydroxylation sites is 1. The molecule has 30 heavy (non-hydrogen) atoms. The number of nitrogens with zero attached hydrogens (tertiary/aromatic N) is 1. The standard InChI is InChI=1S/C23H20N2O3S2/c1-15(2)30(27,28)19-12-10-16(11-13-19)22(26)24-18-7-5-6-17(14-18)23-25-20-8-3-4-9-21(20)29-23/h3-15H,1-2H3,(H,24,26). The average molecular weight is 437 g/mol. The lowest BCUT2D eigenvalue weighted by molar-refractivity contribution is 0.102. The van der Waals surface area contributed by atoms with Gasteiger partial charge in [0.2, 0.25) is 0 Å². The minimum atomic E-state index is -3.36. The predicted octanol–water partition coefficient (Wildman–Crippen LogP) is 5.40. The van der Waals surface area contributed by atoms with E-state index < -0.39 is 15.1 Å². The molecular formula is C23H20N2O3S2. The summed E-state index contributed by atoms with van der Waals surface area (Å²) in [6.07, 6.45) is 0. The molecule has 0 atom stereocenters. The number of carbonyl (C=O) groups excluding carboxylic acids is 1. The number of benzene rings is 3. The second kappa shape index (κ2) is 8.01. The Kier molecular flexibility index (Phi) is 5.40. The van der Waals surface area contributed by atoms with Crippen molar-refractivity contribution in [2.75, 3.05) is 5.32 Å². The summed E-state index contributed by atoms with van der Waals surface area (Å²) in [6.45, 7) is 3.27. The molecule has 0 aliphatic rings. The van der Waals surface area contributed by atoms with Crippen molar-refractivity contribution in [2.45, 2.75) is 24.0 Å². The van der Waals surface area contributed by atoms with Crippen molar-refractivity contribution in [3.8, 4) is 10.6 Å². The maximum atomic E-state index is 12.6. The Balaban J connectivity index is 1.54. The highest BCUT2D eigenvalue weighted by atomic mass is 32.2. The zero-order valence-corrected chi connectivity index (χ0v) is 18.1. The van der Waals surface area contributed by atoms with Crippen molar-refractivity contribution in [1.82, 2.24) is 4.98 Å². The van der Waals surface area contributed by atoms with Gasteiger partial charge in [0.05, 0.1) is 20.4 Å². The van der Waals surface area contributed by atoms with Gasteiger partial charge < -0.3 is 5.32 Å². The van der Waals surface area contributed by atoms with Crippen molar-refractivity contribution in [3.05, 3.63) is 78.4 Å². The molecule has 0 spiro atoms. The van der Waals surface area contributed by atoms with Gasteiger partial charge in [-0.3, -0.25) is 4.79 Å². The Hall–Kier alpha value is -3.03. The molecule has 0 saturated heterocycles. The molecule has 1 heterocycles. The Morgan fingerprint density at radius 2 is 1.70 bits per heavy atom. The summed E-state index contributed by atoms with van der Waals surface area (Å²) in [4.78, 5) is 17.5. The fourth-order valence-electron chi connectivity index (χ4n) is 3.00. The van der Waals surface area contributed by atoms with Gasteiger partial charge in [0.15, 0.2) is 9.84 Å². The van der Waals surface area contributed by atoms with E-state index in [0.717, 1.165) is 20.8 Å². The summed E-state index contributed by atoms with van der Waals surface area (Å²) in [7, 11) is -3.36. The quantitative estimate of drug-likeness (QED) is 0.455. The molecule has 0 radical (unpaired) electrons. The van der Waals surface area contributed by atoms with Crippen LogP contribution in [0.3, 0.4) is 0 Å². The Labute approximate surface area is 179 Å². The van der Waals surface area contributed by atoms with Gasteiger partial charge in [0.1, 0.15) is 5.01 Å². The first-order valence-corrected chi connectivity index (χ1v) is 11.8. The van der Waals surface area contributed by atoms with Gasteiger partial charge in [0, 0.05) is 16.8 Å². The third-order valence-electron chi connectivity index (χ3n) is 4.73. The van der Waals surface area contributed by atoms with E-state index in [9.17, 15) is 13.2 Å². The average Bonchev–Trinajstić information content (AvgIpc) is 3.18. The van der Waals surface area contributed by atoms with Gasteiger partial charge in [-0.1, -0.05) is 24.3 Å². The van der Waals surface area contributed by atoms with Crippen LogP contribution in [0.1, 0.15) is 24.2 Å². The van der Waals surface area contributed by atoms with E-state index in [4.69, 9.17) is 0 Å². The topological polar surface area (TPSA) is 76.1 Å². The first-order valence-electron chi connectivity index (χ1n) is 9.46. The molecular weight excluding hydrogens is 416 g/mol. The first-order chi connectivity index (χ1) is 14.3. The summed E-state index contributed by atoms with van der Waals surface area (Å²) in [6, 6.07) is 21.5. The number of sulfone groups is 1. The van der Waals surface area contributed by atoms with Crippen LogP contribution in [0.5, 0.6) is 0 Å². The van der Waals surface area contributed by atoms with E-state index in [1.54, 1.807) is 25.2 Å². The SMILES string of the molecule is CC(C)S(=O)(=O)c1ccc(C(=O)Nc2cccc(-c3nc4ccccc4s3)c2)cc1. The lowest BCUT2D eigenvalue weighted by Gasteiger charge is -2.09. The highest BCUT2D eigenvalue weighted by Crippen LogP contribution is 2.31. The molecule has 7 heteroatoms. The number of anilines is 1. The van der Waals surface area contributed by atoms with Gasteiger partial charge in [-0.2, -0.15) is 0 Å². The minimum Gasteiger partial charge on any atom is -0.322 e. The maximum Gasteiger partial charge on any atom is 0.255 e. The lowest BCUT2D eigenvalue weighted by atomic mass is 10.2. The fourth-order valence-corrected chi connectivity index (χ4v) is 5.02. The van der Waals surface area contributed by atoms with Gasteiger partial charge >= 0.3 is 0 Å². The van der Waals surface area contributed by atoms with Crippen LogP contribution in [0.25, 0.3) is 20.8 Å². The van der Waals surface area contributed by atoms with Crippen LogP contribution >= 0.6 is 11.3 Å². The lowest BCUT2D eigenvalue weighted by Crippen LogP contribution is -2.15. The number of aromatic nitrogens is 1. The van der Waals surface area contributed by atoms with Crippen LogP contribution in [-0.2, 0) is 9.84 Å². The molecule has 5 nitrogen and oxygen atoms in total. The molecule has 4 rings (SSSR count). The maximum absolute atomic E-state index is 12.6. The fraction of sp³-hybridized carbons (Fsp3) is 0.130. The highest BCUT2D eigenvalue weighted by Gasteiger charge is 2.19. The summed E-state index contributed by atoms with van der Waals surface area (Å²) < 4.78 is 25.6. The number of hydrogen-bond acceptors (Lipinski definition) is 5. The van der Waals surface area contributed by atoms with Crippen molar-refractivity contribution in [3.63, 3.8) is 0 Å². The van der Waals surface area contributed by atoms with E-state index in [2.05, 4.69) is 10.3 Å². The van der Waals surface area contributed by atoms with Crippen molar-refractivity contribution < 1.29 is 13.2 Å². The molecule has 0 unspecified atom stereocenters. The molecule has 1 amide bonds. The molecule has 0 aliphatic carbocycles. The smallest absolute Gasteiger partial charge is 0.255 e. The second-order valence-electron chi connectivity index (χ2n) is 7.14. The summed E-state index contributed by atoms with van der Waals surface area (Å²) in [5.74, 6) is -0.301. The highest BCUT2D eigenvalue weighted by molar-refractivity contribution is 7.92. The number of nitrogens with one attached hydrogen (secondary N) is 1.